The van der Waals surface area contributed by atoms with Crippen LogP contribution in [0.25, 0.3) is 0 Å². The Hall–Kier alpha value is -0.160. The second-order valence-corrected chi connectivity index (χ2v) is 4.11. The molecule has 0 saturated carbocycles. The Morgan fingerprint density at radius 1 is 0.556 bits per heavy atom. The molecule has 0 unspecified atom stereocenters. The van der Waals surface area contributed by atoms with Gasteiger partial charge in [-0.05, 0) is 28.2 Å². The van der Waals surface area contributed by atoms with Gasteiger partial charge in [0.1, 0.15) is 0 Å². The van der Waals surface area contributed by atoms with Gasteiger partial charge in [0.25, 0.3) is 0 Å². The molecule has 0 amide bonds. The Morgan fingerprint density at radius 2 is 0.833 bits per heavy atom. The fraction of sp³-hybridized carbons (Fsp3) is 1.00. The van der Waals surface area contributed by atoms with E-state index in [2.05, 4.69) is 48.6 Å². The summed E-state index contributed by atoms with van der Waals surface area (Å²) in [6, 6.07) is 0. The molecule has 0 aromatic heterocycles. The Bertz CT molecular complexity index is 102. The predicted octanol–water partition coefficient (Wildman–Crippen LogP) is 1.34. The molecule has 0 saturated heterocycles. The second-order valence-electron chi connectivity index (χ2n) is 4.11. The quantitative estimate of drug-likeness (QED) is 0.614. The van der Waals surface area contributed by atoms with E-state index in [9.17, 15) is 0 Å². The van der Waals surface area contributed by atoms with Gasteiger partial charge in [0, 0.05) is 39.3 Å². The first-order valence-corrected chi connectivity index (χ1v) is 7.34. The molecule has 0 aromatic carbocycles. The highest BCUT2D eigenvalue weighted by molar-refractivity contribution is 4.55. The van der Waals surface area contributed by atoms with E-state index in [1.807, 2.05) is 27.7 Å². The third-order valence-electron chi connectivity index (χ3n) is 1.95. The van der Waals surface area contributed by atoms with Crippen LogP contribution in [0, 0.1) is 0 Å². The van der Waals surface area contributed by atoms with Gasteiger partial charge in [-0.15, -0.1) is 0 Å². The molecule has 2 N–H and O–H groups in total. The molecule has 0 atom stereocenters. The van der Waals surface area contributed by atoms with Crippen LogP contribution in [0.4, 0.5) is 0 Å². The van der Waals surface area contributed by atoms with E-state index in [-0.39, 0.29) is 0 Å². The van der Waals surface area contributed by atoms with Gasteiger partial charge in [0.2, 0.25) is 0 Å². The lowest BCUT2D eigenvalue weighted by molar-refractivity contribution is 0.390. The number of nitrogens with zero attached hydrogens (tertiary/aromatic N) is 2. The molecule has 18 heavy (non-hydrogen) atoms. The molecule has 0 aliphatic rings. The summed E-state index contributed by atoms with van der Waals surface area (Å²) in [7, 11) is 8.38. The number of hydrogen-bond donors (Lipinski definition) is 2. The number of nitrogens with one attached hydrogen (secondary N) is 2. The molecular weight excluding hydrogens is 224 g/mol. The molecule has 4 heteroatoms. The summed E-state index contributed by atoms with van der Waals surface area (Å²) >= 11 is 0. The number of rotatable bonds is 9. The molecule has 0 radical (unpaired) electrons. The van der Waals surface area contributed by atoms with Crippen LogP contribution < -0.4 is 10.6 Å². The van der Waals surface area contributed by atoms with Crippen LogP contribution in [0.5, 0.6) is 0 Å². The van der Waals surface area contributed by atoms with Crippen LogP contribution in [0.15, 0.2) is 0 Å². The number of hydrogen-bond acceptors (Lipinski definition) is 4. The van der Waals surface area contributed by atoms with Gasteiger partial charge in [-0.25, -0.2) is 0 Å². The lowest BCUT2D eigenvalue weighted by Gasteiger charge is -2.12. The first kappa shape index (κ1) is 23.0. The van der Waals surface area contributed by atoms with E-state index in [1.165, 1.54) is 0 Å². The van der Waals surface area contributed by atoms with E-state index in [1.54, 1.807) is 0 Å². The summed E-state index contributed by atoms with van der Waals surface area (Å²) in [5.74, 6) is 0. The third kappa shape index (κ3) is 29.7. The van der Waals surface area contributed by atoms with Gasteiger partial charge in [-0.3, -0.25) is 0 Å². The van der Waals surface area contributed by atoms with Crippen molar-refractivity contribution >= 4 is 0 Å². The molecule has 0 spiro atoms. The fourth-order valence-electron chi connectivity index (χ4n) is 1.03. The maximum Gasteiger partial charge on any atom is 0.0101 e. The number of likely N-dealkylation sites (N-methyl/N-ethyl adjacent to an activating group) is 2. The Labute approximate surface area is 116 Å². The highest BCUT2D eigenvalue weighted by Gasteiger charge is 1.91. The Kier molecular flexibility index (Phi) is 28.2. The Balaban J connectivity index is -0.000000506. The SMILES string of the molecule is CC.CC.CN(C)CCNCCNCCN(C)C. The summed E-state index contributed by atoms with van der Waals surface area (Å²) in [4.78, 5) is 4.37. The molecule has 4 nitrogen and oxygen atoms in total. The summed E-state index contributed by atoms with van der Waals surface area (Å²) in [5.41, 5.74) is 0. The average Bonchev–Trinajstić information content (AvgIpc) is 2.37. The van der Waals surface area contributed by atoms with Crippen molar-refractivity contribution in [1.29, 1.82) is 0 Å². The molecular formula is C14H38N4. The third-order valence-corrected chi connectivity index (χ3v) is 1.95. The van der Waals surface area contributed by atoms with Crippen molar-refractivity contribution < 1.29 is 0 Å². The zero-order valence-corrected chi connectivity index (χ0v) is 14.1. The van der Waals surface area contributed by atoms with Gasteiger partial charge in [0.15, 0.2) is 0 Å². The van der Waals surface area contributed by atoms with Crippen LogP contribution in [-0.4, -0.2) is 77.3 Å². The van der Waals surface area contributed by atoms with Crippen molar-refractivity contribution in [3.05, 3.63) is 0 Å². The van der Waals surface area contributed by atoms with Gasteiger partial charge in [0.05, 0.1) is 0 Å². The molecule has 0 aliphatic carbocycles. The van der Waals surface area contributed by atoms with E-state index >= 15 is 0 Å². The topological polar surface area (TPSA) is 30.5 Å². The average molecular weight is 262 g/mol. The lowest BCUT2D eigenvalue weighted by atomic mass is 10.5. The van der Waals surface area contributed by atoms with Crippen LogP contribution in [0.3, 0.4) is 0 Å². The van der Waals surface area contributed by atoms with Crippen molar-refractivity contribution in [2.24, 2.45) is 0 Å². The molecule has 0 aliphatic heterocycles. The van der Waals surface area contributed by atoms with Gasteiger partial charge in [-0.2, -0.15) is 0 Å². The van der Waals surface area contributed by atoms with E-state index in [0.29, 0.717) is 0 Å². The van der Waals surface area contributed by atoms with Crippen LogP contribution in [-0.2, 0) is 0 Å². The van der Waals surface area contributed by atoms with Crippen molar-refractivity contribution in [2.45, 2.75) is 27.7 Å². The molecule has 0 rings (SSSR count). The summed E-state index contributed by atoms with van der Waals surface area (Å²) in [6.45, 7) is 14.5. The van der Waals surface area contributed by atoms with Crippen LogP contribution in [0.2, 0.25) is 0 Å². The maximum absolute atomic E-state index is 3.39. The lowest BCUT2D eigenvalue weighted by Crippen LogP contribution is -2.34. The highest BCUT2D eigenvalue weighted by atomic mass is 15.1. The standard InChI is InChI=1S/C10H26N4.2C2H6/c1-13(2)9-7-11-5-6-12-8-10-14(3)4;2*1-2/h11-12H,5-10H2,1-4H3;2*1-2H3. The summed E-state index contributed by atoms with van der Waals surface area (Å²) < 4.78 is 0. The molecule has 0 heterocycles. The first-order valence-electron chi connectivity index (χ1n) is 7.34. The van der Waals surface area contributed by atoms with Crippen molar-refractivity contribution in [3.63, 3.8) is 0 Å². The van der Waals surface area contributed by atoms with Gasteiger partial charge >= 0.3 is 0 Å². The first-order chi connectivity index (χ1) is 8.63. The molecule has 0 aromatic rings. The molecule has 0 bridgehead atoms. The van der Waals surface area contributed by atoms with E-state index in [0.717, 1.165) is 39.3 Å². The van der Waals surface area contributed by atoms with Gasteiger partial charge < -0.3 is 20.4 Å². The van der Waals surface area contributed by atoms with Crippen molar-refractivity contribution in [3.8, 4) is 0 Å². The summed E-state index contributed by atoms with van der Waals surface area (Å²) in [5, 5.41) is 6.77. The van der Waals surface area contributed by atoms with Crippen molar-refractivity contribution in [2.75, 3.05) is 67.5 Å². The second kappa shape index (κ2) is 22.1. The van der Waals surface area contributed by atoms with Crippen LogP contribution in [0.1, 0.15) is 27.7 Å². The monoisotopic (exact) mass is 262 g/mol. The minimum Gasteiger partial charge on any atom is -0.314 e. The maximum atomic E-state index is 3.39. The largest absolute Gasteiger partial charge is 0.314 e. The minimum absolute atomic E-state index is 1.06. The van der Waals surface area contributed by atoms with E-state index in [4.69, 9.17) is 0 Å². The van der Waals surface area contributed by atoms with E-state index < -0.39 is 0 Å². The smallest absolute Gasteiger partial charge is 0.0101 e. The normalized spacial score (nSPS) is 9.67. The predicted molar refractivity (Wildman–Crippen MR) is 85.5 cm³/mol. The zero-order valence-electron chi connectivity index (χ0n) is 14.1. The Morgan fingerprint density at radius 3 is 1.06 bits per heavy atom. The highest BCUT2D eigenvalue weighted by Crippen LogP contribution is 1.71. The molecule has 0 fully saturated rings. The van der Waals surface area contributed by atoms with Crippen LogP contribution >= 0.6 is 0 Å². The fourth-order valence-corrected chi connectivity index (χ4v) is 1.03. The summed E-state index contributed by atoms with van der Waals surface area (Å²) in [6.07, 6.45) is 0. The minimum atomic E-state index is 1.06. The molecule has 114 valence electrons. The van der Waals surface area contributed by atoms with Gasteiger partial charge in [-0.1, -0.05) is 27.7 Å². The van der Waals surface area contributed by atoms with Crippen molar-refractivity contribution in [1.82, 2.24) is 20.4 Å². The zero-order chi connectivity index (χ0) is 14.8.